The number of anilines is 1. The number of ether oxygens (including phenoxy) is 1. The lowest BCUT2D eigenvalue weighted by Gasteiger charge is -2.11. The summed E-state index contributed by atoms with van der Waals surface area (Å²) in [4.78, 5) is 25.4. The quantitative estimate of drug-likeness (QED) is 0.721. The molecule has 2 aromatic heterocycles. The lowest BCUT2D eigenvalue weighted by Crippen LogP contribution is -2.25. The van der Waals surface area contributed by atoms with Gasteiger partial charge in [-0.15, -0.1) is 10.2 Å². The maximum absolute atomic E-state index is 12.8. The third-order valence-electron chi connectivity index (χ3n) is 4.36. The molecule has 1 aliphatic rings. The fourth-order valence-corrected chi connectivity index (χ4v) is 3.73. The van der Waals surface area contributed by atoms with Crippen LogP contribution in [0.2, 0.25) is 0 Å². The van der Waals surface area contributed by atoms with Gasteiger partial charge in [0.05, 0.1) is 12.2 Å². The van der Waals surface area contributed by atoms with Gasteiger partial charge in [-0.3, -0.25) is 14.9 Å². The number of hydrogen-bond acceptors (Lipinski definition) is 6. The Morgan fingerprint density at radius 1 is 1.31 bits per heavy atom. The first kappa shape index (κ1) is 16.9. The van der Waals surface area contributed by atoms with E-state index in [-0.39, 0.29) is 11.5 Å². The van der Waals surface area contributed by atoms with Crippen LogP contribution in [-0.2, 0) is 11.3 Å². The number of hydrogen-bond donors (Lipinski definition) is 1. The standard InChI is InChI=1S/C18H18N4O3S/c1-25-9-8-22-10-14(12-4-2-3-5-13(12)17(22)24)15(23)19-18-21-20-16(26-18)11-6-7-11/h2-5,10-11H,6-9H2,1H3,(H,19,21,23). The number of methoxy groups -OCH3 is 1. The zero-order valence-corrected chi connectivity index (χ0v) is 15.1. The number of benzene rings is 1. The Kier molecular flexibility index (Phi) is 4.52. The lowest BCUT2D eigenvalue weighted by molar-refractivity contribution is 0.102. The van der Waals surface area contributed by atoms with E-state index in [1.807, 2.05) is 6.07 Å². The molecule has 0 radical (unpaired) electrons. The third-order valence-corrected chi connectivity index (χ3v) is 5.36. The highest BCUT2D eigenvalue weighted by atomic mass is 32.1. The van der Waals surface area contributed by atoms with Crippen LogP contribution in [0, 0.1) is 0 Å². The number of aromatic nitrogens is 3. The molecule has 3 aromatic rings. The van der Waals surface area contributed by atoms with Crippen molar-refractivity contribution >= 4 is 33.1 Å². The molecule has 0 spiro atoms. The Balaban J connectivity index is 1.69. The first-order valence-electron chi connectivity index (χ1n) is 8.43. The van der Waals surface area contributed by atoms with E-state index in [4.69, 9.17) is 4.74 Å². The lowest BCUT2D eigenvalue weighted by atomic mass is 10.1. The monoisotopic (exact) mass is 370 g/mol. The van der Waals surface area contributed by atoms with E-state index in [1.165, 1.54) is 15.9 Å². The summed E-state index contributed by atoms with van der Waals surface area (Å²) in [7, 11) is 1.58. The van der Waals surface area contributed by atoms with Crippen molar-refractivity contribution < 1.29 is 9.53 Å². The van der Waals surface area contributed by atoms with E-state index in [2.05, 4.69) is 15.5 Å². The predicted octanol–water partition coefficient (Wildman–Crippen LogP) is 2.63. The zero-order valence-electron chi connectivity index (χ0n) is 14.3. The largest absolute Gasteiger partial charge is 0.383 e. The van der Waals surface area contributed by atoms with Crippen molar-refractivity contribution in [3.05, 3.63) is 51.4 Å². The molecule has 7 nitrogen and oxygen atoms in total. The normalized spacial score (nSPS) is 13.9. The summed E-state index contributed by atoms with van der Waals surface area (Å²) in [5.41, 5.74) is 0.292. The molecule has 1 aliphatic carbocycles. The second kappa shape index (κ2) is 6.97. The van der Waals surface area contributed by atoms with E-state index in [0.29, 0.717) is 40.5 Å². The molecule has 1 amide bonds. The summed E-state index contributed by atoms with van der Waals surface area (Å²) in [6.45, 7) is 0.769. The Hall–Kier alpha value is -2.58. The number of amides is 1. The minimum atomic E-state index is -0.300. The molecule has 0 saturated heterocycles. The molecule has 0 aliphatic heterocycles. The van der Waals surface area contributed by atoms with Gasteiger partial charge in [0, 0.05) is 36.5 Å². The van der Waals surface area contributed by atoms with Crippen LogP contribution in [0.25, 0.3) is 10.8 Å². The second-order valence-corrected chi connectivity index (χ2v) is 7.26. The summed E-state index contributed by atoms with van der Waals surface area (Å²) >= 11 is 1.41. The summed E-state index contributed by atoms with van der Waals surface area (Å²) in [6, 6.07) is 7.11. The maximum Gasteiger partial charge on any atom is 0.259 e. The van der Waals surface area contributed by atoms with Gasteiger partial charge in [-0.05, 0) is 18.9 Å². The molecule has 0 bridgehead atoms. The number of pyridine rings is 1. The van der Waals surface area contributed by atoms with Gasteiger partial charge in [0.2, 0.25) is 5.13 Å². The Labute approximate surface area is 153 Å². The van der Waals surface area contributed by atoms with Crippen molar-refractivity contribution in [2.45, 2.75) is 25.3 Å². The first-order valence-corrected chi connectivity index (χ1v) is 9.25. The van der Waals surface area contributed by atoms with Crippen LogP contribution >= 0.6 is 11.3 Å². The summed E-state index contributed by atoms with van der Waals surface area (Å²) < 4.78 is 6.57. The van der Waals surface area contributed by atoms with Crippen LogP contribution in [0.1, 0.15) is 34.1 Å². The van der Waals surface area contributed by atoms with Crippen LogP contribution in [0.15, 0.2) is 35.3 Å². The van der Waals surface area contributed by atoms with Crippen LogP contribution in [0.3, 0.4) is 0 Å². The van der Waals surface area contributed by atoms with Crippen molar-refractivity contribution in [3.63, 3.8) is 0 Å². The molecule has 8 heteroatoms. The minimum Gasteiger partial charge on any atom is -0.383 e. The van der Waals surface area contributed by atoms with Crippen molar-refractivity contribution in [3.8, 4) is 0 Å². The molecule has 2 heterocycles. The average molecular weight is 370 g/mol. The highest BCUT2D eigenvalue weighted by Gasteiger charge is 2.28. The average Bonchev–Trinajstić information content (AvgIpc) is 3.41. The number of nitrogens with zero attached hydrogens (tertiary/aromatic N) is 3. The summed E-state index contributed by atoms with van der Waals surface area (Å²) in [5.74, 6) is 0.195. The highest BCUT2D eigenvalue weighted by Crippen LogP contribution is 2.42. The van der Waals surface area contributed by atoms with Crippen LogP contribution in [0.4, 0.5) is 5.13 Å². The van der Waals surface area contributed by atoms with Crippen molar-refractivity contribution in [2.75, 3.05) is 19.0 Å². The number of carbonyl (C=O) groups is 1. The number of rotatable bonds is 6. The summed E-state index contributed by atoms with van der Waals surface area (Å²) in [6.07, 6.45) is 3.86. The topological polar surface area (TPSA) is 86.1 Å². The SMILES string of the molecule is COCCn1cc(C(=O)Nc2nnc(C3CC3)s2)c2ccccc2c1=O. The number of fused-ring (bicyclic) bond motifs is 1. The Morgan fingerprint density at radius 2 is 2.08 bits per heavy atom. The number of nitrogens with one attached hydrogen (secondary N) is 1. The molecule has 0 unspecified atom stereocenters. The molecule has 1 N–H and O–H groups in total. The second-order valence-electron chi connectivity index (χ2n) is 6.25. The third kappa shape index (κ3) is 3.25. The van der Waals surface area contributed by atoms with E-state index in [0.717, 1.165) is 17.8 Å². The molecule has 4 rings (SSSR count). The van der Waals surface area contributed by atoms with Gasteiger partial charge >= 0.3 is 0 Å². The Morgan fingerprint density at radius 3 is 2.81 bits per heavy atom. The molecule has 134 valence electrons. The molecule has 1 saturated carbocycles. The zero-order chi connectivity index (χ0) is 18.1. The van der Waals surface area contributed by atoms with Crippen molar-refractivity contribution in [1.29, 1.82) is 0 Å². The maximum atomic E-state index is 12.8. The molecule has 1 fully saturated rings. The van der Waals surface area contributed by atoms with Gasteiger partial charge in [0.15, 0.2) is 0 Å². The molecular formula is C18H18N4O3S. The van der Waals surface area contributed by atoms with E-state index < -0.39 is 0 Å². The minimum absolute atomic E-state index is 0.138. The first-order chi connectivity index (χ1) is 12.7. The van der Waals surface area contributed by atoms with E-state index in [1.54, 1.807) is 31.5 Å². The van der Waals surface area contributed by atoms with Crippen LogP contribution < -0.4 is 10.9 Å². The van der Waals surface area contributed by atoms with E-state index in [9.17, 15) is 9.59 Å². The Bertz CT molecular complexity index is 1020. The van der Waals surface area contributed by atoms with Crippen LogP contribution in [-0.4, -0.2) is 34.4 Å². The number of carbonyl (C=O) groups excluding carboxylic acids is 1. The van der Waals surface area contributed by atoms with Gasteiger partial charge in [0.25, 0.3) is 11.5 Å². The fourth-order valence-electron chi connectivity index (χ4n) is 2.82. The van der Waals surface area contributed by atoms with Gasteiger partial charge in [-0.25, -0.2) is 0 Å². The highest BCUT2D eigenvalue weighted by molar-refractivity contribution is 7.15. The molecular weight excluding hydrogens is 352 g/mol. The predicted molar refractivity (Wildman–Crippen MR) is 99.9 cm³/mol. The fraction of sp³-hybridized carbons (Fsp3) is 0.333. The van der Waals surface area contributed by atoms with Crippen molar-refractivity contribution in [1.82, 2.24) is 14.8 Å². The van der Waals surface area contributed by atoms with Crippen LogP contribution in [0.5, 0.6) is 0 Å². The van der Waals surface area contributed by atoms with Gasteiger partial charge in [0.1, 0.15) is 5.01 Å². The van der Waals surface area contributed by atoms with Gasteiger partial charge < -0.3 is 9.30 Å². The smallest absolute Gasteiger partial charge is 0.259 e. The molecule has 1 aromatic carbocycles. The molecule has 26 heavy (non-hydrogen) atoms. The van der Waals surface area contributed by atoms with Gasteiger partial charge in [-0.2, -0.15) is 0 Å². The van der Waals surface area contributed by atoms with E-state index >= 15 is 0 Å². The summed E-state index contributed by atoms with van der Waals surface area (Å²) in [5, 5.41) is 13.6. The molecule has 0 atom stereocenters. The van der Waals surface area contributed by atoms with Crippen molar-refractivity contribution in [2.24, 2.45) is 0 Å². The van der Waals surface area contributed by atoms with Gasteiger partial charge in [-0.1, -0.05) is 29.5 Å².